The molecule has 0 N–H and O–H groups in total. The number of aryl methyl sites for hydroxylation is 2. The second kappa shape index (κ2) is 9.35. The molecule has 42 heavy (non-hydrogen) atoms. The molecule has 0 amide bonds. The first-order valence-corrected chi connectivity index (χ1v) is 14.2. The van der Waals surface area contributed by atoms with Gasteiger partial charge in [-0.25, -0.2) is 9.97 Å². The maximum Gasteiger partial charge on any atom is 0.153 e. The number of rotatable bonds is 4. The zero-order valence-corrected chi connectivity index (χ0v) is 23.7. The molecule has 0 atom stereocenters. The smallest absolute Gasteiger partial charge is 0.153 e. The van der Waals surface area contributed by atoms with Crippen LogP contribution in [0.1, 0.15) is 11.1 Å². The highest BCUT2D eigenvalue weighted by Crippen LogP contribution is 2.40. The molecule has 4 aromatic carbocycles. The van der Waals surface area contributed by atoms with Crippen molar-refractivity contribution in [3.05, 3.63) is 121 Å². The first kappa shape index (κ1) is 24.4. The average Bonchev–Trinajstić information content (AvgIpc) is 3.59. The van der Waals surface area contributed by atoms with Gasteiger partial charge in [-0.05, 0) is 78.9 Å². The van der Waals surface area contributed by atoms with E-state index < -0.39 is 0 Å². The molecule has 7 aromatic rings. The zero-order chi connectivity index (χ0) is 28.4. The Morgan fingerprint density at radius 3 is 2.40 bits per heavy atom. The molecule has 0 spiro atoms. The van der Waals surface area contributed by atoms with Crippen molar-refractivity contribution >= 4 is 44.5 Å². The monoisotopic (exact) mass is 547 g/mol. The minimum Gasteiger partial charge on any atom is -0.457 e. The van der Waals surface area contributed by atoms with Crippen LogP contribution in [0.15, 0.2) is 109 Å². The van der Waals surface area contributed by atoms with Gasteiger partial charge in [-0.3, -0.25) is 4.40 Å². The Morgan fingerprint density at radius 2 is 1.52 bits per heavy atom. The van der Waals surface area contributed by atoms with E-state index in [0.717, 1.165) is 63.0 Å². The maximum atomic E-state index is 6.50. The van der Waals surface area contributed by atoms with Gasteiger partial charge in [0.25, 0.3) is 0 Å². The summed E-state index contributed by atoms with van der Waals surface area (Å²) in [5.41, 5.74) is 9.02. The Balaban J connectivity index is 1.24. The molecule has 0 unspecified atom stereocenters. The highest BCUT2D eigenvalue weighted by molar-refractivity contribution is 6.12. The largest absolute Gasteiger partial charge is 0.457 e. The fourth-order valence-electron chi connectivity index (χ4n) is 6.40. The summed E-state index contributed by atoms with van der Waals surface area (Å²) in [6, 6.07) is 33.7. The van der Waals surface area contributed by atoms with E-state index in [1.807, 2.05) is 30.6 Å². The van der Waals surface area contributed by atoms with Gasteiger partial charge in [0.1, 0.15) is 17.1 Å². The second-order valence-electron chi connectivity index (χ2n) is 11.0. The number of ether oxygens (including phenoxy) is 1. The van der Waals surface area contributed by atoms with Crippen LogP contribution in [0.3, 0.4) is 0 Å². The fourth-order valence-corrected chi connectivity index (χ4v) is 6.40. The van der Waals surface area contributed by atoms with Crippen LogP contribution >= 0.6 is 0 Å². The van der Waals surface area contributed by atoms with E-state index in [1.165, 1.54) is 22.1 Å². The van der Waals surface area contributed by atoms with Crippen molar-refractivity contribution in [1.29, 1.82) is 0 Å². The van der Waals surface area contributed by atoms with Crippen molar-refractivity contribution in [3.8, 4) is 22.8 Å². The molecule has 1 aliphatic heterocycles. The average molecular weight is 548 g/mol. The van der Waals surface area contributed by atoms with E-state index in [1.54, 1.807) is 0 Å². The second-order valence-corrected chi connectivity index (χ2v) is 11.0. The van der Waals surface area contributed by atoms with E-state index in [0.29, 0.717) is 0 Å². The van der Waals surface area contributed by atoms with Crippen LogP contribution in [0.5, 0.6) is 11.5 Å². The number of para-hydroxylation sites is 1. The minimum absolute atomic E-state index is 0.736. The Morgan fingerprint density at radius 1 is 0.714 bits per heavy atom. The third kappa shape index (κ3) is 3.72. The highest BCUT2D eigenvalue weighted by atomic mass is 16.5. The summed E-state index contributed by atoms with van der Waals surface area (Å²) in [4.78, 5) is 14.0. The Bertz CT molecular complexity index is 2140. The van der Waals surface area contributed by atoms with Crippen molar-refractivity contribution in [2.75, 3.05) is 23.5 Å². The molecular weight excluding hydrogens is 518 g/mol. The van der Waals surface area contributed by atoms with Crippen LogP contribution in [-0.2, 0) is 0 Å². The number of hydrogen-bond acceptors (Lipinski definition) is 5. The predicted octanol–water partition coefficient (Wildman–Crippen LogP) is 8.66. The Hall–Kier alpha value is -5.36. The Kier molecular flexibility index (Phi) is 5.44. The number of anilines is 3. The molecule has 0 saturated heterocycles. The molecule has 0 radical (unpaired) electrons. The van der Waals surface area contributed by atoms with Gasteiger partial charge in [0.2, 0.25) is 0 Å². The van der Waals surface area contributed by atoms with Crippen molar-refractivity contribution in [3.63, 3.8) is 0 Å². The predicted molar refractivity (Wildman–Crippen MR) is 171 cm³/mol. The summed E-state index contributed by atoms with van der Waals surface area (Å²) in [7, 11) is 2.06. The molecule has 0 bridgehead atoms. The quantitative estimate of drug-likeness (QED) is 0.206. The van der Waals surface area contributed by atoms with Crippen LogP contribution < -0.4 is 14.5 Å². The van der Waals surface area contributed by atoms with Gasteiger partial charge in [-0.15, -0.1) is 0 Å². The summed E-state index contributed by atoms with van der Waals surface area (Å²) < 4.78 is 8.80. The molecule has 0 fully saturated rings. The van der Waals surface area contributed by atoms with Crippen molar-refractivity contribution in [2.45, 2.75) is 13.8 Å². The number of benzene rings is 4. The Labute approximate surface area is 244 Å². The lowest BCUT2D eigenvalue weighted by molar-refractivity contribution is 0.483. The SMILES string of the molecule is Cc1cccc(C)c1-c1cnc2c3cc(Oc4cccc(N5CN(C)c6ncccc65)c4)ccc3c3ccccc3n12. The lowest BCUT2D eigenvalue weighted by Gasteiger charge is -2.20. The van der Waals surface area contributed by atoms with Crippen LogP contribution in [0.25, 0.3) is 38.6 Å². The van der Waals surface area contributed by atoms with Gasteiger partial charge in [0.15, 0.2) is 5.82 Å². The maximum absolute atomic E-state index is 6.50. The first-order valence-electron chi connectivity index (χ1n) is 14.2. The van der Waals surface area contributed by atoms with Gasteiger partial charge in [-0.2, -0.15) is 0 Å². The van der Waals surface area contributed by atoms with Crippen LogP contribution in [0.2, 0.25) is 0 Å². The molecule has 204 valence electrons. The number of fused-ring (bicyclic) bond motifs is 7. The lowest BCUT2D eigenvalue weighted by atomic mass is 10.00. The van der Waals surface area contributed by atoms with Gasteiger partial charge >= 0.3 is 0 Å². The normalized spacial score (nSPS) is 12.9. The van der Waals surface area contributed by atoms with Crippen LogP contribution in [0.4, 0.5) is 17.2 Å². The molecule has 4 heterocycles. The summed E-state index contributed by atoms with van der Waals surface area (Å²) in [5, 5.41) is 3.40. The van der Waals surface area contributed by atoms with Crippen molar-refractivity contribution in [2.24, 2.45) is 0 Å². The van der Waals surface area contributed by atoms with E-state index in [-0.39, 0.29) is 0 Å². The molecule has 3 aromatic heterocycles. The van der Waals surface area contributed by atoms with Crippen molar-refractivity contribution in [1.82, 2.24) is 14.4 Å². The summed E-state index contributed by atoms with van der Waals surface area (Å²) in [5.74, 6) is 2.53. The van der Waals surface area contributed by atoms with E-state index >= 15 is 0 Å². The topological polar surface area (TPSA) is 45.9 Å². The summed E-state index contributed by atoms with van der Waals surface area (Å²) in [6.45, 7) is 5.07. The first-order chi connectivity index (χ1) is 20.6. The van der Waals surface area contributed by atoms with Gasteiger partial charge in [0, 0.05) is 41.3 Å². The van der Waals surface area contributed by atoms with Gasteiger partial charge < -0.3 is 14.5 Å². The van der Waals surface area contributed by atoms with Crippen molar-refractivity contribution < 1.29 is 4.74 Å². The number of hydrogen-bond donors (Lipinski definition) is 0. The van der Waals surface area contributed by atoms with E-state index in [4.69, 9.17) is 9.72 Å². The zero-order valence-electron chi connectivity index (χ0n) is 23.7. The van der Waals surface area contributed by atoms with E-state index in [2.05, 4.69) is 119 Å². The third-order valence-corrected chi connectivity index (χ3v) is 8.30. The van der Waals surface area contributed by atoms with Crippen LogP contribution in [-0.4, -0.2) is 28.1 Å². The van der Waals surface area contributed by atoms with E-state index in [9.17, 15) is 0 Å². The molecule has 6 nitrogen and oxygen atoms in total. The molecule has 6 heteroatoms. The third-order valence-electron chi connectivity index (χ3n) is 8.30. The highest BCUT2D eigenvalue weighted by Gasteiger charge is 2.25. The molecule has 0 saturated carbocycles. The number of nitrogens with zero attached hydrogens (tertiary/aromatic N) is 5. The summed E-state index contributed by atoms with van der Waals surface area (Å²) >= 11 is 0. The fraction of sp³-hybridized carbons (Fsp3) is 0.111. The van der Waals surface area contributed by atoms with Crippen LogP contribution in [0, 0.1) is 13.8 Å². The number of pyridine rings is 2. The molecule has 1 aliphatic rings. The molecule has 0 aliphatic carbocycles. The molecular formula is C36H29N5O. The molecule has 8 rings (SSSR count). The van der Waals surface area contributed by atoms with Gasteiger partial charge in [0.05, 0.1) is 29.8 Å². The van der Waals surface area contributed by atoms with Gasteiger partial charge in [-0.1, -0.05) is 42.5 Å². The number of aromatic nitrogens is 3. The summed E-state index contributed by atoms with van der Waals surface area (Å²) in [6.07, 6.45) is 3.84. The minimum atomic E-state index is 0.736. The number of imidazole rings is 1. The standard InChI is InChI=1S/C36H29N5O/c1-23-9-6-10-24(2)34(23)33-21-38-35-30-20-27(16-17-28(30)29-13-4-5-14-31(29)41(33)35)42-26-12-7-11-25(19-26)40-22-39(3)36-32(40)15-8-18-37-36/h4-21H,22H2,1-3H3. The lowest BCUT2D eigenvalue weighted by Crippen LogP contribution is -2.24.